The van der Waals surface area contributed by atoms with Gasteiger partial charge in [-0.2, -0.15) is 0 Å². The monoisotopic (exact) mass is 523 g/mol. The van der Waals surface area contributed by atoms with E-state index in [1.807, 2.05) is 32.7 Å². The van der Waals surface area contributed by atoms with Crippen molar-refractivity contribution in [2.75, 3.05) is 32.0 Å². The van der Waals surface area contributed by atoms with Crippen molar-refractivity contribution in [2.24, 2.45) is 7.05 Å². The van der Waals surface area contributed by atoms with E-state index in [1.165, 1.54) is 18.2 Å². The van der Waals surface area contributed by atoms with Crippen molar-refractivity contribution < 1.29 is 17.5 Å². The third-order valence-corrected chi connectivity index (χ3v) is 7.30. The fraction of sp³-hybridized carbons (Fsp3) is 0.417. The number of methoxy groups -OCH3 is 1. The number of benzene rings is 2. The molecule has 0 aliphatic carbocycles. The first-order valence-corrected chi connectivity index (χ1v) is 12.9. The van der Waals surface area contributed by atoms with Gasteiger partial charge in [0.05, 0.1) is 28.8 Å². The maximum absolute atomic E-state index is 14.4. The van der Waals surface area contributed by atoms with Crippen LogP contribution in [0.5, 0.6) is 0 Å². The van der Waals surface area contributed by atoms with Gasteiger partial charge in [-0.1, -0.05) is 44.5 Å². The van der Waals surface area contributed by atoms with Gasteiger partial charge in [0.2, 0.25) is 0 Å². The molecule has 11 heteroatoms. The Balaban J connectivity index is 1.96. The summed E-state index contributed by atoms with van der Waals surface area (Å²) >= 11 is 6.05. The molecule has 1 aromatic heterocycles. The van der Waals surface area contributed by atoms with E-state index >= 15 is 0 Å². The van der Waals surface area contributed by atoms with E-state index in [9.17, 15) is 12.8 Å². The number of sulfonamides is 1. The lowest BCUT2D eigenvalue weighted by atomic mass is 9.87. The Hall–Kier alpha value is -2.53. The number of anilines is 1. The second-order valence-corrected chi connectivity index (χ2v) is 11.5. The Morgan fingerprint density at radius 2 is 1.83 bits per heavy atom. The third kappa shape index (κ3) is 6.38. The number of ether oxygens (including phenoxy) is 1. The van der Waals surface area contributed by atoms with Crippen LogP contribution in [-0.4, -0.2) is 55.4 Å². The highest BCUT2D eigenvalue weighted by atomic mass is 35.5. The summed E-state index contributed by atoms with van der Waals surface area (Å²) in [5, 5.41) is 8.31. The smallest absolute Gasteiger partial charge is 0.261 e. The molecule has 3 aromatic rings. The van der Waals surface area contributed by atoms with Gasteiger partial charge in [-0.15, -0.1) is 10.2 Å². The van der Waals surface area contributed by atoms with Crippen molar-refractivity contribution in [2.45, 2.75) is 37.6 Å². The second kappa shape index (κ2) is 10.6. The summed E-state index contributed by atoms with van der Waals surface area (Å²) in [4.78, 5) is 2.07. The molecular weight excluding hydrogens is 493 g/mol. The molecule has 0 fully saturated rings. The van der Waals surface area contributed by atoms with Crippen LogP contribution in [0.2, 0.25) is 5.02 Å². The Labute approximate surface area is 211 Å². The standard InChI is InChI=1S/C24H31ClFN5O3S/c1-24(2,3)16-7-9-17(10-8-16)35(32,33)29-21-14-20(26)19(25)13-18(21)23-28-27-22(31(23)5)15-30(4)11-12-34-6/h7-10,13-14,29H,11-12,15H2,1-6H3. The summed E-state index contributed by atoms with van der Waals surface area (Å²) in [6.45, 7) is 7.88. The van der Waals surface area contributed by atoms with Gasteiger partial charge in [-0.05, 0) is 36.2 Å². The number of hydrogen-bond acceptors (Lipinski definition) is 6. The Kier molecular flexibility index (Phi) is 8.21. The summed E-state index contributed by atoms with van der Waals surface area (Å²) in [5.74, 6) is 0.242. The zero-order chi connectivity index (χ0) is 26.0. The van der Waals surface area contributed by atoms with Crippen LogP contribution >= 0.6 is 11.6 Å². The number of nitrogens with one attached hydrogen (secondary N) is 1. The van der Waals surface area contributed by atoms with Crippen LogP contribution in [-0.2, 0) is 33.8 Å². The van der Waals surface area contributed by atoms with Crippen molar-refractivity contribution in [3.05, 3.63) is 58.6 Å². The number of nitrogens with zero attached hydrogens (tertiary/aromatic N) is 4. The summed E-state index contributed by atoms with van der Waals surface area (Å²) in [7, 11) is 1.31. The van der Waals surface area contributed by atoms with Gasteiger partial charge < -0.3 is 9.30 Å². The van der Waals surface area contributed by atoms with Crippen LogP contribution in [0.1, 0.15) is 32.2 Å². The van der Waals surface area contributed by atoms with Gasteiger partial charge in [0.1, 0.15) is 11.6 Å². The van der Waals surface area contributed by atoms with Crippen LogP contribution in [0.3, 0.4) is 0 Å². The number of halogens is 2. The molecule has 1 N–H and O–H groups in total. The number of hydrogen-bond donors (Lipinski definition) is 1. The van der Waals surface area contributed by atoms with E-state index in [0.717, 1.165) is 11.6 Å². The first-order chi connectivity index (χ1) is 16.3. The molecule has 1 heterocycles. The maximum Gasteiger partial charge on any atom is 0.261 e. The minimum absolute atomic E-state index is 0.0154. The summed E-state index contributed by atoms with van der Waals surface area (Å²) in [5.41, 5.74) is 1.20. The molecule has 0 unspecified atom stereocenters. The average molecular weight is 524 g/mol. The molecule has 0 bridgehead atoms. The van der Waals surface area contributed by atoms with Crippen LogP contribution in [0.25, 0.3) is 11.4 Å². The van der Waals surface area contributed by atoms with Crippen molar-refractivity contribution in [1.82, 2.24) is 19.7 Å². The average Bonchev–Trinajstić information content (AvgIpc) is 3.13. The van der Waals surface area contributed by atoms with E-state index in [-0.39, 0.29) is 21.0 Å². The fourth-order valence-electron chi connectivity index (χ4n) is 3.46. The molecule has 0 spiro atoms. The third-order valence-electron chi connectivity index (χ3n) is 5.63. The van der Waals surface area contributed by atoms with Gasteiger partial charge in [-0.25, -0.2) is 12.8 Å². The van der Waals surface area contributed by atoms with Crippen LogP contribution in [0, 0.1) is 5.82 Å². The SMILES string of the molecule is COCCN(C)Cc1nnc(-c2cc(Cl)c(F)cc2NS(=O)(=O)c2ccc(C(C)(C)C)cc2)n1C. The van der Waals surface area contributed by atoms with Gasteiger partial charge >= 0.3 is 0 Å². The van der Waals surface area contributed by atoms with Gasteiger partial charge in [0.15, 0.2) is 5.82 Å². The molecule has 190 valence electrons. The van der Waals surface area contributed by atoms with Crippen molar-refractivity contribution in [1.29, 1.82) is 0 Å². The highest BCUT2D eigenvalue weighted by Crippen LogP contribution is 2.34. The summed E-state index contributed by atoms with van der Waals surface area (Å²) < 4.78 is 50.0. The molecule has 0 radical (unpaired) electrons. The lowest BCUT2D eigenvalue weighted by Crippen LogP contribution is -2.24. The molecule has 0 saturated carbocycles. The van der Waals surface area contributed by atoms with Crippen molar-refractivity contribution >= 4 is 27.3 Å². The zero-order valence-electron chi connectivity index (χ0n) is 20.8. The molecule has 2 aromatic carbocycles. The largest absolute Gasteiger partial charge is 0.383 e. The maximum atomic E-state index is 14.4. The van der Waals surface area contributed by atoms with Crippen LogP contribution in [0.4, 0.5) is 10.1 Å². The second-order valence-electron chi connectivity index (χ2n) is 9.42. The zero-order valence-corrected chi connectivity index (χ0v) is 22.3. The minimum atomic E-state index is -4.01. The molecule has 0 aliphatic heterocycles. The Bertz CT molecular complexity index is 1290. The number of rotatable bonds is 9. The van der Waals surface area contributed by atoms with E-state index in [1.54, 1.807) is 30.9 Å². The Morgan fingerprint density at radius 1 is 1.17 bits per heavy atom. The molecule has 0 saturated heterocycles. The van der Waals surface area contributed by atoms with Gasteiger partial charge in [-0.3, -0.25) is 9.62 Å². The lowest BCUT2D eigenvalue weighted by Gasteiger charge is -2.19. The molecular formula is C24H31ClFN5O3S. The minimum Gasteiger partial charge on any atom is -0.383 e. The normalized spacial score (nSPS) is 12.4. The molecule has 0 atom stereocenters. The quantitative estimate of drug-likeness (QED) is 0.445. The molecule has 3 rings (SSSR count). The summed E-state index contributed by atoms with van der Waals surface area (Å²) in [6, 6.07) is 9.01. The molecule has 0 aliphatic rings. The van der Waals surface area contributed by atoms with E-state index in [4.69, 9.17) is 16.3 Å². The van der Waals surface area contributed by atoms with Crippen LogP contribution < -0.4 is 4.72 Å². The first-order valence-electron chi connectivity index (χ1n) is 11.0. The highest BCUT2D eigenvalue weighted by molar-refractivity contribution is 7.92. The lowest BCUT2D eigenvalue weighted by molar-refractivity contribution is 0.157. The fourth-order valence-corrected chi connectivity index (χ4v) is 4.69. The topological polar surface area (TPSA) is 89.3 Å². The van der Waals surface area contributed by atoms with Gasteiger partial charge in [0.25, 0.3) is 10.0 Å². The predicted molar refractivity (Wildman–Crippen MR) is 136 cm³/mol. The number of aromatic nitrogens is 3. The van der Waals surface area contributed by atoms with E-state index in [0.29, 0.717) is 36.9 Å². The highest BCUT2D eigenvalue weighted by Gasteiger charge is 2.23. The van der Waals surface area contributed by atoms with Crippen molar-refractivity contribution in [3.8, 4) is 11.4 Å². The van der Waals surface area contributed by atoms with E-state index < -0.39 is 15.8 Å². The summed E-state index contributed by atoms with van der Waals surface area (Å²) in [6.07, 6.45) is 0. The van der Waals surface area contributed by atoms with Crippen LogP contribution in [0.15, 0.2) is 41.3 Å². The predicted octanol–water partition coefficient (Wildman–Crippen LogP) is 4.45. The van der Waals surface area contributed by atoms with Crippen molar-refractivity contribution in [3.63, 3.8) is 0 Å². The molecule has 8 nitrogen and oxygen atoms in total. The van der Waals surface area contributed by atoms with E-state index in [2.05, 4.69) is 14.9 Å². The van der Waals surface area contributed by atoms with Gasteiger partial charge in [0, 0.05) is 32.3 Å². The number of likely N-dealkylation sites (N-methyl/N-ethyl adjacent to an activating group) is 1. The Morgan fingerprint density at radius 3 is 2.43 bits per heavy atom. The molecule has 35 heavy (non-hydrogen) atoms. The molecule has 0 amide bonds. The first kappa shape index (κ1) is 27.1.